The number of rotatable bonds is 3. The minimum atomic E-state index is -4.84. The van der Waals surface area contributed by atoms with Crippen molar-refractivity contribution >= 4 is 15.7 Å². The summed E-state index contributed by atoms with van der Waals surface area (Å²) >= 11 is 0. The molecule has 1 aliphatic rings. The predicted octanol–water partition coefficient (Wildman–Crippen LogP) is 3.04. The molecule has 0 fully saturated rings. The highest BCUT2D eigenvalue weighted by Crippen LogP contribution is 2.28. The lowest BCUT2D eigenvalue weighted by Gasteiger charge is -2.35. The van der Waals surface area contributed by atoms with E-state index in [0.717, 1.165) is 17.8 Å². The summed E-state index contributed by atoms with van der Waals surface area (Å²) in [5, 5.41) is 0. The highest BCUT2D eigenvalue weighted by Gasteiger charge is 2.36. The van der Waals surface area contributed by atoms with Gasteiger partial charge in [0.25, 0.3) is 5.91 Å². The van der Waals surface area contributed by atoms with E-state index in [1.165, 1.54) is 12.1 Å². The van der Waals surface area contributed by atoms with Gasteiger partial charge in [-0.15, -0.1) is 0 Å². The molecule has 9 heteroatoms. The number of benzene rings is 1. The zero-order valence-corrected chi connectivity index (χ0v) is 14.7. The predicted molar refractivity (Wildman–Crippen MR) is 88.4 cm³/mol. The number of fused-ring (bicyclic) bond motifs is 1. The molecule has 1 amide bonds. The SMILES string of the molecule is CC1c2cccn2CCN1C(=O)c1cccc(S(=O)(=O)CC(F)(F)F)c1. The summed E-state index contributed by atoms with van der Waals surface area (Å²) in [6, 6.07) is 8.34. The zero-order chi connectivity index (χ0) is 19.1. The smallest absolute Gasteiger partial charge is 0.348 e. The number of hydrogen-bond donors (Lipinski definition) is 0. The Kier molecular flexibility index (Phi) is 4.60. The Morgan fingerprint density at radius 3 is 2.62 bits per heavy atom. The van der Waals surface area contributed by atoms with Gasteiger partial charge in [-0.1, -0.05) is 6.07 Å². The van der Waals surface area contributed by atoms with Crippen LogP contribution in [-0.4, -0.2) is 42.3 Å². The fourth-order valence-corrected chi connectivity index (χ4v) is 4.33. The molecular formula is C17H17F3N2O3S. The first-order valence-corrected chi connectivity index (χ1v) is 9.59. The lowest BCUT2D eigenvalue weighted by atomic mass is 10.1. The summed E-state index contributed by atoms with van der Waals surface area (Å²) in [6.07, 6.45) is -2.93. The molecule has 0 bridgehead atoms. The van der Waals surface area contributed by atoms with Gasteiger partial charge >= 0.3 is 6.18 Å². The molecule has 0 N–H and O–H groups in total. The fourth-order valence-electron chi connectivity index (χ4n) is 3.14. The maximum absolute atomic E-state index is 12.8. The van der Waals surface area contributed by atoms with Crippen LogP contribution < -0.4 is 0 Å². The Bertz CT molecular complexity index is 935. The molecule has 26 heavy (non-hydrogen) atoms. The lowest BCUT2D eigenvalue weighted by molar-refractivity contribution is -0.106. The number of sulfone groups is 1. The van der Waals surface area contributed by atoms with Crippen LogP contribution in [0.4, 0.5) is 13.2 Å². The summed E-state index contributed by atoms with van der Waals surface area (Å²) in [4.78, 5) is 13.9. The first-order valence-electron chi connectivity index (χ1n) is 7.94. The Morgan fingerprint density at radius 1 is 1.19 bits per heavy atom. The molecule has 0 saturated heterocycles. The van der Waals surface area contributed by atoms with Gasteiger partial charge in [0.15, 0.2) is 15.6 Å². The molecule has 2 heterocycles. The second-order valence-electron chi connectivity index (χ2n) is 6.20. The van der Waals surface area contributed by atoms with Gasteiger partial charge in [-0.2, -0.15) is 13.2 Å². The van der Waals surface area contributed by atoms with Crippen molar-refractivity contribution in [3.63, 3.8) is 0 Å². The first-order chi connectivity index (χ1) is 12.1. The van der Waals surface area contributed by atoms with Crippen molar-refractivity contribution in [2.24, 2.45) is 0 Å². The topological polar surface area (TPSA) is 59.4 Å². The number of nitrogens with zero attached hydrogens (tertiary/aromatic N) is 2. The van der Waals surface area contributed by atoms with Crippen molar-refractivity contribution in [1.29, 1.82) is 0 Å². The van der Waals surface area contributed by atoms with Gasteiger partial charge in [0.05, 0.1) is 10.9 Å². The molecule has 1 atom stereocenters. The van der Waals surface area contributed by atoms with E-state index >= 15 is 0 Å². The van der Waals surface area contributed by atoms with Gasteiger partial charge < -0.3 is 9.47 Å². The number of aromatic nitrogens is 1. The molecule has 1 aliphatic heterocycles. The van der Waals surface area contributed by atoms with Crippen molar-refractivity contribution in [3.8, 4) is 0 Å². The van der Waals surface area contributed by atoms with Crippen LogP contribution in [0.5, 0.6) is 0 Å². The molecule has 1 unspecified atom stereocenters. The fraction of sp³-hybridized carbons (Fsp3) is 0.353. The molecule has 0 spiro atoms. The van der Waals surface area contributed by atoms with E-state index in [2.05, 4.69) is 0 Å². The zero-order valence-electron chi connectivity index (χ0n) is 13.9. The molecule has 0 saturated carbocycles. The second-order valence-corrected chi connectivity index (χ2v) is 8.19. The van der Waals surface area contributed by atoms with E-state index in [4.69, 9.17) is 0 Å². The molecule has 2 aromatic rings. The van der Waals surface area contributed by atoms with Crippen LogP contribution >= 0.6 is 0 Å². The van der Waals surface area contributed by atoms with Crippen LogP contribution in [0.25, 0.3) is 0 Å². The van der Waals surface area contributed by atoms with E-state index < -0.39 is 32.6 Å². The van der Waals surface area contributed by atoms with Gasteiger partial charge in [-0.25, -0.2) is 8.42 Å². The normalized spacial score (nSPS) is 17.8. The number of amides is 1. The minimum absolute atomic E-state index is 0.0557. The van der Waals surface area contributed by atoms with Gasteiger partial charge in [-0.3, -0.25) is 4.79 Å². The van der Waals surface area contributed by atoms with E-state index in [-0.39, 0.29) is 11.6 Å². The molecule has 0 radical (unpaired) electrons. The average molecular weight is 386 g/mol. The molecule has 0 aliphatic carbocycles. The largest absolute Gasteiger partial charge is 0.403 e. The Balaban J connectivity index is 1.88. The minimum Gasteiger partial charge on any atom is -0.348 e. The maximum atomic E-state index is 12.8. The number of alkyl halides is 3. The quantitative estimate of drug-likeness (QED) is 0.815. The Morgan fingerprint density at radius 2 is 1.92 bits per heavy atom. The highest BCUT2D eigenvalue weighted by molar-refractivity contribution is 7.91. The standard InChI is InChI=1S/C17H17F3N2O3S/c1-12-15-6-3-7-21(15)8-9-22(12)16(23)13-4-2-5-14(10-13)26(24,25)11-17(18,19)20/h2-7,10,12H,8-9,11H2,1H3. The van der Waals surface area contributed by atoms with Crippen molar-refractivity contribution in [1.82, 2.24) is 9.47 Å². The third-order valence-corrected chi connectivity index (χ3v) is 6.08. The number of carbonyl (C=O) groups excluding carboxylic acids is 1. The summed E-state index contributed by atoms with van der Waals surface area (Å²) in [7, 11) is -4.56. The number of carbonyl (C=O) groups is 1. The van der Waals surface area contributed by atoms with E-state index in [0.29, 0.717) is 13.1 Å². The van der Waals surface area contributed by atoms with E-state index in [1.807, 2.05) is 29.8 Å². The van der Waals surface area contributed by atoms with Gasteiger partial charge in [0.1, 0.15) is 0 Å². The van der Waals surface area contributed by atoms with Crippen LogP contribution in [0.15, 0.2) is 47.5 Å². The summed E-state index contributed by atoms with van der Waals surface area (Å²) < 4.78 is 63.4. The third-order valence-electron chi connectivity index (χ3n) is 4.40. The van der Waals surface area contributed by atoms with Crippen LogP contribution in [0.2, 0.25) is 0 Å². The molecule has 5 nitrogen and oxygen atoms in total. The third kappa shape index (κ3) is 3.62. The maximum Gasteiger partial charge on any atom is 0.403 e. The van der Waals surface area contributed by atoms with Crippen LogP contribution in [0.3, 0.4) is 0 Å². The molecule has 3 rings (SSSR count). The molecule has 1 aromatic heterocycles. The van der Waals surface area contributed by atoms with Gasteiger partial charge in [-0.05, 0) is 37.3 Å². The molecule has 140 valence electrons. The Hall–Kier alpha value is -2.29. The number of hydrogen-bond acceptors (Lipinski definition) is 3. The first kappa shape index (κ1) is 18.5. The van der Waals surface area contributed by atoms with E-state index in [1.54, 1.807) is 4.90 Å². The summed E-state index contributed by atoms with van der Waals surface area (Å²) in [5.74, 6) is -2.36. The van der Waals surface area contributed by atoms with Crippen molar-refractivity contribution in [2.75, 3.05) is 12.3 Å². The monoisotopic (exact) mass is 386 g/mol. The van der Waals surface area contributed by atoms with E-state index in [9.17, 15) is 26.4 Å². The second kappa shape index (κ2) is 6.46. The summed E-state index contributed by atoms with van der Waals surface area (Å²) in [5.41, 5.74) is 1.01. The molecule has 1 aromatic carbocycles. The highest BCUT2D eigenvalue weighted by atomic mass is 32.2. The molecular weight excluding hydrogens is 369 g/mol. The van der Waals surface area contributed by atoms with Crippen LogP contribution in [0, 0.1) is 0 Å². The average Bonchev–Trinajstić information content (AvgIpc) is 3.02. The van der Waals surface area contributed by atoms with Crippen molar-refractivity contribution < 1.29 is 26.4 Å². The van der Waals surface area contributed by atoms with Crippen molar-refractivity contribution in [3.05, 3.63) is 53.9 Å². The van der Waals surface area contributed by atoms with Gasteiger partial charge in [0.2, 0.25) is 0 Å². The van der Waals surface area contributed by atoms with Gasteiger partial charge in [0, 0.05) is 30.5 Å². The summed E-state index contributed by atoms with van der Waals surface area (Å²) in [6.45, 7) is 2.89. The lowest BCUT2D eigenvalue weighted by Crippen LogP contribution is -2.40. The van der Waals surface area contributed by atoms with Crippen LogP contribution in [0.1, 0.15) is 29.0 Å². The Labute approximate surface area is 148 Å². The number of halogens is 3. The van der Waals surface area contributed by atoms with Crippen LogP contribution in [-0.2, 0) is 16.4 Å². The van der Waals surface area contributed by atoms with Crippen molar-refractivity contribution in [2.45, 2.75) is 30.6 Å².